The van der Waals surface area contributed by atoms with Gasteiger partial charge in [0.05, 0.1) is 0 Å². The minimum absolute atomic E-state index is 0.565. The molecule has 2 rings (SSSR count). The van der Waals surface area contributed by atoms with E-state index < -0.39 is 0 Å². The van der Waals surface area contributed by atoms with E-state index in [9.17, 15) is 0 Å². The lowest BCUT2D eigenvalue weighted by Crippen LogP contribution is -2.06. The molecule has 2 aromatic rings. The highest BCUT2D eigenvalue weighted by atomic mass is 15.3. The molecule has 2 aromatic heterocycles. The Kier molecular flexibility index (Phi) is 2.22. The van der Waals surface area contributed by atoms with Gasteiger partial charge in [0, 0.05) is 38.1 Å². The third kappa shape index (κ3) is 1.76. The van der Waals surface area contributed by atoms with E-state index >= 15 is 0 Å². The van der Waals surface area contributed by atoms with Crippen LogP contribution in [0.2, 0.25) is 0 Å². The van der Waals surface area contributed by atoms with Gasteiger partial charge in [-0.2, -0.15) is 10.2 Å². The van der Waals surface area contributed by atoms with E-state index in [-0.39, 0.29) is 0 Å². The van der Waals surface area contributed by atoms with Crippen LogP contribution in [0, 0.1) is 0 Å². The number of aryl methyl sites for hydroxylation is 3. The topological polar surface area (TPSA) is 61.7 Å². The third-order valence-electron chi connectivity index (χ3n) is 2.18. The van der Waals surface area contributed by atoms with E-state index in [0.29, 0.717) is 5.82 Å². The molecule has 0 atom stereocenters. The van der Waals surface area contributed by atoms with Crippen LogP contribution in [-0.2, 0) is 20.0 Å². The molecule has 5 heteroatoms. The Morgan fingerprint density at radius 1 is 1.43 bits per heavy atom. The highest BCUT2D eigenvalue weighted by Crippen LogP contribution is 2.01. The Balaban J connectivity index is 1.98. The summed E-state index contributed by atoms with van der Waals surface area (Å²) < 4.78 is 3.70. The van der Waals surface area contributed by atoms with Gasteiger partial charge in [-0.15, -0.1) is 0 Å². The van der Waals surface area contributed by atoms with E-state index in [1.54, 1.807) is 12.3 Å². The second-order valence-corrected chi connectivity index (χ2v) is 3.20. The normalized spacial score (nSPS) is 10.6. The fourth-order valence-electron chi connectivity index (χ4n) is 1.38. The lowest BCUT2D eigenvalue weighted by atomic mass is 10.3. The molecule has 0 fully saturated rings. The van der Waals surface area contributed by atoms with Gasteiger partial charge in [-0.1, -0.05) is 0 Å². The van der Waals surface area contributed by atoms with Crippen molar-refractivity contribution in [2.45, 2.75) is 13.0 Å². The summed E-state index contributed by atoms with van der Waals surface area (Å²) in [7, 11) is 1.94. The number of hydrogen-bond acceptors (Lipinski definition) is 3. The molecule has 0 aromatic carbocycles. The molecule has 0 radical (unpaired) electrons. The van der Waals surface area contributed by atoms with Crippen LogP contribution in [-0.4, -0.2) is 19.6 Å². The average Bonchev–Trinajstić information content (AvgIpc) is 2.72. The monoisotopic (exact) mass is 191 g/mol. The first-order valence-electron chi connectivity index (χ1n) is 4.51. The molecule has 0 bridgehead atoms. The van der Waals surface area contributed by atoms with Crippen molar-refractivity contribution in [3.05, 3.63) is 30.2 Å². The largest absolute Gasteiger partial charge is 0.382 e. The Bertz CT molecular complexity index is 414. The molecule has 2 N–H and O–H groups in total. The van der Waals surface area contributed by atoms with Crippen molar-refractivity contribution in [1.29, 1.82) is 0 Å². The van der Waals surface area contributed by atoms with E-state index in [4.69, 9.17) is 5.73 Å². The highest BCUT2D eigenvalue weighted by molar-refractivity contribution is 5.23. The summed E-state index contributed by atoms with van der Waals surface area (Å²) in [5.41, 5.74) is 6.70. The van der Waals surface area contributed by atoms with Crippen molar-refractivity contribution in [3.63, 3.8) is 0 Å². The molecule has 0 saturated heterocycles. The maximum Gasteiger partial charge on any atom is 0.145 e. The lowest BCUT2D eigenvalue weighted by molar-refractivity contribution is 0.588. The van der Waals surface area contributed by atoms with Crippen LogP contribution >= 0.6 is 0 Å². The van der Waals surface area contributed by atoms with Crippen molar-refractivity contribution in [3.8, 4) is 0 Å². The summed E-state index contributed by atoms with van der Waals surface area (Å²) >= 11 is 0. The van der Waals surface area contributed by atoms with Gasteiger partial charge in [0.2, 0.25) is 0 Å². The van der Waals surface area contributed by atoms with Crippen molar-refractivity contribution < 1.29 is 0 Å². The van der Waals surface area contributed by atoms with Crippen molar-refractivity contribution >= 4 is 5.82 Å². The van der Waals surface area contributed by atoms with Gasteiger partial charge in [-0.25, -0.2) is 0 Å². The Morgan fingerprint density at radius 3 is 2.86 bits per heavy atom. The van der Waals surface area contributed by atoms with Crippen LogP contribution in [0.4, 0.5) is 5.82 Å². The predicted molar refractivity (Wildman–Crippen MR) is 53.6 cm³/mol. The fraction of sp³-hybridized carbons (Fsp3) is 0.333. The summed E-state index contributed by atoms with van der Waals surface area (Å²) in [6.07, 6.45) is 4.59. The van der Waals surface area contributed by atoms with Crippen LogP contribution in [0.15, 0.2) is 24.5 Å². The predicted octanol–water partition coefficient (Wildman–Crippen LogP) is 0.442. The molecule has 0 spiro atoms. The number of anilines is 1. The van der Waals surface area contributed by atoms with Gasteiger partial charge in [-0.3, -0.25) is 9.36 Å². The number of nitrogens with two attached hydrogens (primary N) is 1. The van der Waals surface area contributed by atoms with Gasteiger partial charge < -0.3 is 5.73 Å². The van der Waals surface area contributed by atoms with E-state index in [2.05, 4.69) is 10.2 Å². The molecule has 5 nitrogen and oxygen atoms in total. The zero-order valence-electron chi connectivity index (χ0n) is 8.09. The number of hydrogen-bond donors (Lipinski definition) is 1. The first-order valence-corrected chi connectivity index (χ1v) is 4.51. The smallest absolute Gasteiger partial charge is 0.145 e. The zero-order valence-corrected chi connectivity index (χ0v) is 8.09. The standard InChI is InChI=1S/C9H13N5/c1-13-8(2-5-11-13)3-6-14-7-4-9(10)12-14/h2,4-5,7H,3,6H2,1H3,(H2,10,12). The summed E-state index contributed by atoms with van der Waals surface area (Å²) in [5.74, 6) is 0.565. The van der Waals surface area contributed by atoms with Crippen LogP contribution in [0.25, 0.3) is 0 Å². The molecule has 0 aliphatic rings. The zero-order chi connectivity index (χ0) is 9.97. The number of rotatable bonds is 3. The molecule has 0 saturated carbocycles. The molecule has 0 aliphatic carbocycles. The van der Waals surface area contributed by atoms with Crippen molar-refractivity contribution in [1.82, 2.24) is 19.6 Å². The van der Waals surface area contributed by atoms with Gasteiger partial charge in [-0.05, 0) is 12.1 Å². The fourth-order valence-corrected chi connectivity index (χ4v) is 1.38. The summed E-state index contributed by atoms with van der Waals surface area (Å²) in [5, 5.41) is 8.20. The molecular formula is C9H13N5. The molecular weight excluding hydrogens is 178 g/mol. The lowest BCUT2D eigenvalue weighted by Gasteiger charge is -2.01. The molecule has 2 heterocycles. The summed E-state index contributed by atoms with van der Waals surface area (Å²) in [6.45, 7) is 0.830. The Hall–Kier alpha value is -1.78. The van der Waals surface area contributed by atoms with Gasteiger partial charge in [0.25, 0.3) is 0 Å². The van der Waals surface area contributed by atoms with Gasteiger partial charge >= 0.3 is 0 Å². The molecule has 74 valence electrons. The minimum Gasteiger partial charge on any atom is -0.382 e. The second kappa shape index (κ2) is 3.53. The van der Waals surface area contributed by atoms with E-state index in [0.717, 1.165) is 13.0 Å². The SMILES string of the molecule is Cn1nccc1CCn1ccc(N)n1. The van der Waals surface area contributed by atoms with Crippen molar-refractivity contribution in [2.24, 2.45) is 7.05 Å². The number of nitrogen functional groups attached to an aromatic ring is 1. The summed E-state index contributed by atoms with van der Waals surface area (Å²) in [6, 6.07) is 3.80. The van der Waals surface area contributed by atoms with Crippen LogP contribution in [0.1, 0.15) is 5.69 Å². The number of nitrogens with zero attached hydrogens (tertiary/aromatic N) is 4. The van der Waals surface area contributed by atoms with Gasteiger partial charge in [0.15, 0.2) is 0 Å². The number of aromatic nitrogens is 4. The van der Waals surface area contributed by atoms with Crippen LogP contribution < -0.4 is 5.73 Å². The maximum absolute atomic E-state index is 5.51. The molecule has 0 amide bonds. The van der Waals surface area contributed by atoms with Crippen LogP contribution in [0.3, 0.4) is 0 Å². The third-order valence-corrected chi connectivity index (χ3v) is 2.18. The molecule has 0 aliphatic heterocycles. The average molecular weight is 191 g/mol. The quantitative estimate of drug-likeness (QED) is 0.765. The second-order valence-electron chi connectivity index (χ2n) is 3.20. The maximum atomic E-state index is 5.51. The summed E-state index contributed by atoms with van der Waals surface area (Å²) in [4.78, 5) is 0. The minimum atomic E-state index is 0.565. The van der Waals surface area contributed by atoms with Crippen LogP contribution in [0.5, 0.6) is 0 Å². The first-order chi connectivity index (χ1) is 6.75. The molecule has 0 unspecified atom stereocenters. The molecule has 14 heavy (non-hydrogen) atoms. The highest BCUT2D eigenvalue weighted by Gasteiger charge is 1.99. The van der Waals surface area contributed by atoms with Crippen molar-refractivity contribution in [2.75, 3.05) is 5.73 Å². The Morgan fingerprint density at radius 2 is 2.29 bits per heavy atom. The van der Waals surface area contributed by atoms with E-state index in [1.807, 2.05) is 28.7 Å². The Labute approximate surface area is 82.1 Å². The van der Waals surface area contributed by atoms with Gasteiger partial charge in [0.1, 0.15) is 5.82 Å². The first kappa shape index (κ1) is 8.80. The van der Waals surface area contributed by atoms with E-state index in [1.165, 1.54) is 5.69 Å².